The zero-order chi connectivity index (χ0) is 19.5. The second-order valence-corrected chi connectivity index (χ2v) is 7.23. The Hall–Kier alpha value is -3.05. The number of carbonyl (C=O) groups is 2. The zero-order valence-corrected chi connectivity index (χ0v) is 15.8. The first kappa shape index (κ1) is 18.3. The molecule has 1 saturated carbocycles. The van der Waals surface area contributed by atoms with Gasteiger partial charge in [0.15, 0.2) is 0 Å². The van der Waals surface area contributed by atoms with Crippen LogP contribution in [0, 0.1) is 5.92 Å². The number of hydrogen-bond donors (Lipinski definition) is 2. The summed E-state index contributed by atoms with van der Waals surface area (Å²) in [6.07, 6.45) is 1.91. The molecule has 142 valence electrons. The molecule has 1 heterocycles. The van der Waals surface area contributed by atoms with Gasteiger partial charge in [-0.3, -0.25) is 9.59 Å². The summed E-state index contributed by atoms with van der Waals surface area (Å²) < 4.78 is 5.78. The van der Waals surface area contributed by atoms with E-state index in [9.17, 15) is 9.59 Å². The summed E-state index contributed by atoms with van der Waals surface area (Å²) in [6.45, 7) is 0.284. The average molecular weight is 395 g/mol. The van der Waals surface area contributed by atoms with E-state index < -0.39 is 0 Å². The molecule has 1 fully saturated rings. The number of hydrogen-bond acceptors (Lipinski definition) is 3. The number of benzene rings is 2. The predicted molar refractivity (Wildman–Crippen MR) is 108 cm³/mol. The fourth-order valence-electron chi connectivity index (χ4n) is 2.81. The summed E-state index contributed by atoms with van der Waals surface area (Å²) in [5.41, 5.74) is 2.15. The fourth-order valence-corrected chi connectivity index (χ4v) is 2.93. The van der Waals surface area contributed by atoms with Gasteiger partial charge in [0.25, 0.3) is 5.91 Å². The van der Waals surface area contributed by atoms with Crippen molar-refractivity contribution in [3.05, 3.63) is 77.0 Å². The molecule has 0 spiro atoms. The van der Waals surface area contributed by atoms with Gasteiger partial charge in [0.1, 0.15) is 11.5 Å². The highest BCUT2D eigenvalue weighted by atomic mass is 35.5. The molecule has 5 nitrogen and oxygen atoms in total. The summed E-state index contributed by atoms with van der Waals surface area (Å²) in [6, 6.07) is 17.9. The molecule has 3 aromatic rings. The molecule has 2 amide bonds. The van der Waals surface area contributed by atoms with E-state index in [-0.39, 0.29) is 24.3 Å². The first-order chi connectivity index (χ1) is 13.6. The van der Waals surface area contributed by atoms with Crippen LogP contribution in [0.4, 0.5) is 5.69 Å². The van der Waals surface area contributed by atoms with Crippen molar-refractivity contribution in [2.45, 2.75) is 19.4 Å². The van der Waals surface area contributed by atoms with Gasteiger partial charge >= 0.3 is 0 Å². The lowest BCUT2D eigenvalue weighted by atomic mass is 10.2. The lowest BCUT2D eigenvalue weighted by Gasteiger charge is -2.06. The summed E-state index contributed by atoms with van der Waals surface area (Å²) in [5.74, 6) is 1.37. The Morgan fingerprint density at radius 3 is 2.36 bits per heavy atom. The number of amides is 2. The minimum Gasteiger partial charge on any atom is -0.459 e. The molecule has 2 N–H and O–H groups in total. The lowest BCUT2D eigenvalue weighted by Crippen LogP contribution is -2.22. The van der Waals surface area contributed by atoms with Crippen LogP contribution in [0.15, 0.2) is 65.1 Å². The molecule has 0 saturated heterocycles. The van der Waals surface area contributed by atoms with Crippen molar-refractivity contribution in [3.8, 4) is 11.3 Å². The maximum Gasteiger partial charge on any atom is 0.251 e. The summed E-state index contributed by atoms with van der Waals surface area (Å²) in [7, 11) is 0. The van der Waals surface area contributed by atoms with E-state index in [1.165, 1.54) is 0 Å². The van der Waals surface area contributed by atoms with Gasteiger partial charge in [-0.25, -0.2) is 0 Å². The summed E-state index contributed by atoms with van der Waals surface area (Å²) in [5, 5.41) is 6.36. The van der Waals surface area contributed by atoms with E-state index in [0.29, 0.717) is 22.0 Å². The monoisotopic (exact) mass is 394 g/mol. The molecule has 2 aromatic carbocycles. The molecule has 6 heteroatoms. The minimum atomic E-state index is -0.204. The lowest BCUT2D eigenvalue weighted by molar-refractivity contribution is -0.117. The molecule has 1 aromatic heterocycles. The molecule has 4 rings (SSSR count). The second kappa shape index (κ2) is 7.90. The Kier molecular flexibility index (Phi) is 5.17. The number of nitrogens with one attached hydrogen (secondary N) is 2. The Labute approximate surface area is 167 Å². The van der Waals surface area contributed by atoms with Crippen molar-refractivity contribution in [2.75, 3.05) is 5.32 Å². The van der Waals surface area contributed by atoms with Gasteiger partial charge in [0.2, 0.25) is 5.91 Å². The van der Waals surface area contributed by atoms with Crippen LogP contribution in [0.5, 0.6) is 0 Å². The van der Waals surface area contributed by atoms with Crippen LogP contribution in [-0.4, -0.2) is 11.8 Å². The minimum absolute atomic E-state index is 0.0477. The number of anilines is 1. The largest absolute Gasteiger partial charge is 0.459 e. The van der Waals surface area contributed by atoms with Crippen molar-refractivity contribution in [1.29, 1.82) is 0 Å². The molecule has 1 aliphatic rings. The van der Waals surface area contributed by atoms with Crippen LogP contribution in [-0.2, 0) is 11.3 Å². The third-order valence-corrected chi connectivity index (χ3v) is 4.83. The standard InChI is InChI=1S/C22H19ClN2O3/c23-17-7-3-14(4-8-17)20-12-11-19(28-20)13-24-21(26)15-5-9-18(10-6-15)25-22(27)16-1-2-16/h3-12,16H,1-2,13H2,(H,24,26)(H,25,27). The Balaban J connectivity index is 1.32. The quantitative estimate of drug-likeness (QED) is 0.626. The van der Waals surface area contributed by atoms with Crippen molar-refractivity contribution >= 4 is 29.1 Å². The SMILES string of the molecule is O=C(NCc1ccc(-c2ccc(Cl)cc2)o1)c1ccc(NC(=O)C2CC2)cc1. The first-order valence-electron chi connectivity index (χ1n) is 9.12. The Morgan fingerprint density at radius 2 is 1.68 bits per heavy atom. The maximum absolute atomic E-state index is 12.3. The van der Waals surface area contributed by atoms with Crippen molar-refractivity contribution in [3.63, 3.8) is 0 Å². The third-order valence-electron chi connectivity index (χ3n) is 4.58. The van der Waals surface area contributed by atoms with Gasteiger partial charge in [-0.1, -0.05) is 11.6 Å². The van der Waals surface area contributed by atoms with Gasteiger partial charge in [-0.05, 0) is 73.5 Å². The third kappa shape index (κ3) is 4.43. The van der Waals surface area contributed by atoms with Crippen LogP contribution < -0.4 is 10.6 Å². The molecular formula is C22H19ClN2O3. The van der Waals surface area contributed by atoms with Crippen LogP contribution in [0.2, 0.25) is 5.02 Å². The van der Waals surface area contributed by atoms with E-state index >= 15 is 0 Å². The number of carbonyl (C=O) groups excluding carboxylic acids is 2. The molecule has 0 unspecified atom stereocenters. The average Bonchev–Trinajstić information content (AvgIpc) is 3.46. The summed E-state index contributed by atoms with van der Waals surface area (Å²) >= 11 is 5.90. The Morgan fingerprint density at radius 1 is 0.964 bits per heavy atom. The van der Waals surface area contributed by atoms with Gasteiger partial charge in [-0.15, -0.1) is 0 Å². The van der Waals surface area contributed by atoms with Crippen LogP contribution in [0.25, 0.3) is 11.3 Å². The molecule has 0 bridgehead atoms. The van der Waals surface area contributed by atoms with E-state index in [4.69, 9.17) is 16.0 Å². The molecular weight excluding hydrogens is 376 g/mol. The van der Waals surface area contributed by atoms with Gasteiger partial charge < -0.3 is 15.1 Å². The van der Waals surface area contributed by atoms with E-state index in [2.05, 4.69) is 10.6 Å². The van der Waals surface area contributed by atoms with E-state index in [1.807, 2.05) is 24.3 Å². The maximum atomic E-state index is 12.3. The smallest absolute Gasteiger partial charge is 0.251 e. The van der Waals surface area contributed by atoms with Crippen molar-refractivity contribution in [2.24, 2.45) is 5.92 Å². The Bertz CT molecular complexity index is 989. The van der Waals surface area contributed by atoms with E-state index in [1.54, 1.807) is 36.4 Å². The molecule has 0 atom stereocenters. The van der Waals surface area contributed by atoms with Gasteiger partial charge in [0, 0.05) is 27.8 Å². The highest BCUT2D eigenvalue weighted by molar-refractivity contribution is 6.30. The number of halogens is 1. The topological polar surface area (TPSA) is 71.3 Å². The van der Waals surface area contributed by atoms with Gasteiger partial charge in [-0.2, -0.15) is 0 Å². The highest BCUT2D eigenvalue weighted by Gasteiger charge is 2.29. The molecule has 0 radical (unpaired) electrons. The predicted octanol–water partition coefficient (Wildman–Crippen LogP) is 4.88. The highest BCUT2D eigenvalue weighted by Crippen LogP contribution is 2.30. The van der Waals surface area contributed by atoms with Crippen LogP contribution in [0.3, 0.4) is 0 Å². The van der Waals surface area contributed by atoms with Gasteiger partial charge in [0.05, 0.1) is 6.54 Å². The molecule has 0 aliphatic heterocycles. The van der Waals surface area contributed by atoms with E-state index in [0.717, 1.165) is 24.2 Å². The number of rotatable bonds is 6. The van der Waals surface area contributed by atoms with Crippen LogP contribution in [0.1, 0.15) is 29.0 Å². The first-order valence-corrected chi connectivity index (χ1v) is 9.50. The summed E-state index contributed by atoms with van der Waals surface area (Å²) in [4.78, 5) is 24.1. The van der Waals surface area contributed by atoms with Crippen molar-refractivity contribution in [1.82, 2.24) is 5.32 Å². The van der Waals surface area contributed by atoms with Crippen molar-refractivity contribution < 1.29 is 14.0 Å². The van der Waals surface area contributed by atoms with Crippen LogP contribution >= 0.6 is 11.6 Å². The molecule has 1 aliphatic carbocycles. The number of furan rings is 1. The molecule has 28 heavy (non-hydrogen) atoms. The fraction of sp³-hybridized carbons (Fsp3) is 0.182. The normalized spacial score (nSPS) is 13.2. The second-order valence-electron chi connectivity index (χ2n) is 6.80. The zero-order valence-electron chi connectivity index (χ0n) is 15.1.